The number of hydrogen-bond acceptors (Lipinski definition) is 3. The van der Waals surface area contributed by atoms with Crippen LogP contribution in [0.25, 0.3) is 0 Å². The van der Waals surface area contributed by atoms with E-state index in [-0.39, 0.29) is 67.7 Å². The van der Waals surface area contributed by atoms with E-state index in [4.69, 9.17) is 19.2 Å². The van der Waals surface area contributed by atoms with E-state index in [0.29, 0.717) is 0 Å². The minimum Gasteiger partial charge on any atom is -1.00 e. The summed E-state index contributed by atoms with van der Waals surface area (Å²) in [6.07, 6.45) is 0. The van der Waals surface area contributed by atoms with Crippen molar-refractivity contribution in [3.63, 3.8) is 0 Å². The smallest absolute Gasteiger partial charge is 1.00 e. The zero-order valence-electron chi connectivity index (χ0n) is 10.8. The normalized spacial score (nSPS) is 8.69. The maximum atomic E-state index is 10.0. The van der Waals surface area contributed by atoms with Crippen molar-refractivity contribution in [1.82, 2.24) is 0 Å². The van der Waals surface area contributed by atoms with Gasteiger partial charge in [-0.1, -0.05) is 18.2 Å². The van der Waals surface area contributed by atoms with Crippen LogP contribution in [-0.4, -0.2) is 19.6 Å². The number of rotatable bonds is 1. The molecule has 0 atom stereocenters. The van der Waals surface area contributed by atoms with Crippen molar-refractivity contribution < 1.29 is 86.1 Å². The van der Waals surface area contributed by atoms with Gasteiger partial charge in [0.15, 0.2) is 0 Å². The van der Waals surface area contributed by atoms with Crippen molar-refractivity contribution >= 4 is 13.5 Å². The molecule has 0 amide bonds. The van der Waals surface area contributed by atoms with Gasteiger partial charge in [0.1, 0.15) is 0 Å². The van der Waals surface area contributed by atoms with E-state index >= 15 is 0 Å². The Morgan fingerprint density at radius 3 is 1.62 bits per heavy atom. The second-order valence-corrected chi connectivity index (χ2v) is 3.13. The molecule has 0 saturated heterocycles. The third kappa shape index (κ3) is 17.1. The van der Waals surface area contributed by atoms with E-state index in [1.807, 2.05) is 0 Å². The molecular formula is C6H10NNa2O6P. The molecule has 0 heterocycles. The van der Waals surface area contributed by atoms with E-state index in [1.165, 1.54) is 12.1 Å². The standard InChI is InChI=1S/C6H5NO2.2Na.H3O4P.2H/c8-7(9)6-4-2-1-3-5-6;;;1-5(2,3)4;;/h1-5H;;;(H3,1,2,3,4);;/q;2*+1;;2*-1. The van der Waals surface area contributed by atoms with E-state index in [9.17, 15) is 10.1 Å². The molecule has 0 aliphatic carbocycles. The van der Waals surface area contributed by atoms with Crippen LogP contribution in [0.3, 0.4) is 0 Å². The molecule has 0 saturated carbocycles. The number of nitro groups is 1. The number of para-hydroxylation sites is 1. The summed E-state index contributed by atoms with van der Waals surface area (Å²) in [7, 11) is -4.64. The molecular weight excluding hydrogens is 259 g/mol. The van der Waals surface area contributed by atoms with Gasteiger partial charge in [-0.15, -0.1) is 0 Å². The Morgan fingerprint density at radius 1 is 1.12 bits per heavy atom. The van der Waals surface area contributed by atoms with Crippen molar-refractivity contribution in [2.24, 2.45) is 0 Å². The molecule has 7 nitrogen and oxygen atoms in total. The summed E-state index contributed by atoms with van der Waals surface area (Å²) in [5.41, 5.74) is 0.137. The molecule has 3 N–H and O–H groups in total. The molecule has 1 rings (SSSR count). The van der Waals surface area contributed by atoms with Crippen LogP contribution < -0.4 is 59.1 Å². The molecule has 1 aromatic rings. The van der Waals surface area contributed by atoms with Gasteiger partial charge in [-0.3, -0.25) is 10.1 Å². The Hall–Kier alpha value is 0.730. The Bertz CT molecular complexity index is 343. The summed E-state index contributed by atoms with van der Waals surface area (Å²) in [5.74, 6) is 0. The van der Waals surface area contributed by atoms with Crippen LogP contribution in [0.1, 0.15) is 2.85 Å². The number of non-ortho nitro benzene ring substituents is 1. The third-order valence-electron chi connectivity index (χ3n) is 0.967. The van der Waals surface area contributed by atoms with Crippen LogP contribution in [-0.2, 0) is 4.57 Å². The Labute approximate surface area is 139 Å². The number of nitrogens with zero attached hydrogens (tertiary/aromatic N) is 1. The van der Waals surface area contributed by atoms with Gasteiger partial charge in [0, 0.05) is 12.1 Å². The number of hydrogen-bond donors (Lipinski definition) is 3. The fraction of sp³-hybridized carbons (Fsp3) is 0. The van der Waals surface area contributed by atoms with E-state index in [1.54, 1.807) is 18.2 Å². The average molecular weight is 269 g/mol. The molecule has 0 bridgehead atoms. The van der Waals surface area contributed by atoms with E-state index < -0.39 is 12.7 Å². The summed E-state index contributed by atoms with van der Waals surface area (Å²) in [6, 6.07) is 7.93. The van der Waals surface area contributed by atoms with Crippen molar-refractivity contribution in [2.45, 2.75) is 0 Å². The van der Waals surface area contributed by atoms with Gasteiger partial charge in [-0.05, 0) is 0 Å². The topological polar surface area (TPSA) is 121 Å². The van der Waals surface area contributed by atoms with E-state index in [2.05, 4.69) is 0 Å². The van der Waals surface area contributed by atoms with Crippen molar-refractivity contribution in [2.75, 3.05) is 0 Å². The third-order valence-corrected chi connectivity index (χ3v) is 0.967. The number of nitro benzene ring substituents is 1. The second kappa shape index (κ2) is 10.9. The summed E-state index contributed by atoms with van der Waals surface area (Å²) in [5, 5.41) is 10.0. The van der Waals surface area contributed by atoms with Crippen LogP contribution >= 0.6 is 7.82 Å². The minimum atomic E-state index is -4.64. The fourth-order valence-corrected chi connectivity index (χ4v) is 0.550. The molecule has 10 heteroatoms. The van der Waals surface area contributed by atoms with Gasteiger partial charge in [0.2, 0.25) is 0 Å². The van der Waals surface area contributed by atoms with Gasteiger partial charge < -0.3 is 17.5 Å². The summed E-state index contributed by atoms with van der Waals surface area (Å²) in [6.45, 7) is 0. The minimum absolute atomic E-state index is 0. The average Bonchev–Trinajstić information content (AvgIpc) is 2.03. The second-order valence-electron chi connectivity index (χ2n) is 2.11. The largest absolute Gasteiger partial charge is 1.00 e. The monoisotopic (exact) mass is 269 g/mol. The molecule has 0 unspecified atom stereocenters. The predicted octanol–water partition coefficient (Wildman–Crippen LogP) is -5.10. The summed E-state index contributed by atoms with van der Waals surface area (Å²) >= 11 is 0. The molecule has 0 fully saturated rings. The molecule has 0 radical (unpaired) electrons. The van der Waals surface area contributed by atoms with Gasteiger partial charge in [0.05, 0.1) is 4.92 Å². The first-order valence-corrected chi connectivity index (χ1v) is 4.85. The van der Waals surface area contributed by atoms with Crippen molar-refractivity contribution in [1.29, 1.82) is 0 Å². The van der Waals surface area contributed by atoms with Gasteiger partial charge in [-0.2, -0.15) is 0 Å². The van der Waals surface area contributed by atoms with Crippen LogP contribution in [0.5, 0.6) is 0 Å². The number of benzene rings is 1. The summed E-state index contributed by atoms with van der Waals surface area (Å²) in [4.78, 5) is 31.2. The van der Waals surface area contributed by atoms with Gasteiger partial charge >= 0.3 is 66.9 Å². The Balaban J connectivity index is -0.0000000567. The fourth-order valence-electron chi connectivity index (χ4n) is 0.550. The molecule has 0 aliphatic rings. The quantitative estimate of drug-likeness (QED) is 0.203. The van der Waals surface area contributed by atoms with Gasteiger partial charge in [-0.25, -0.2) is 4.57 Å². The zero-order valence-corrected chi connectivity index (χ0v) is 13.7. The predicted molar refractivity (Wildman–Crippen MR) is 49.6 cm³/mol. The Kier molecular flexibility index (Phi) is 14.9. The number of phosphoric acid groups is 1. The van der Waals surface area contributed by atoms with Crippen LogP contribution in [0, 0.1) is 10.1 Å². The van der Waals surface area contributed by atoms with Crippen molar-refractivity contribution in [3.8, 4) is 0 Å². The first-order valence-electron chi connectivity index (χ1n) is 3.28. The maximum Gasteiger partial charge on any atom is 1.00 e. The SMILES string of the molecule is O=P(O)(O)O.O=[N+]([O-])c1ccccc1.[H-].[H-].[Na+].[Na+]. The van der Waals surface area contributed by atoms with E-state index in [0.717, 1.165) is 0 Å². The first kappa shape index (κ1) is 22.0. The zero-order chi connectivity index (χ0) is 11.2. The maximum absolute atomic E-state index is 10.0. The summed E-state index contributed by atoms with van der Waals surface area (Å²) < 4.78 is 8.88. The van der Waals surface area contributed by atoms with Gasteiger partial charge in [0.25, 0.3) is 5.69 Å². The van der Waals surface area contributed by atoms with Crippen LogP contribution in [0.15, 0.2) is 30.3 Å². The molecule has 82 valence electrons. The first-order chi connectivity index (χ1) is 6.30. The van der Waals surface area contributed by atoms with Crippen LogP contribution in [0.4, 0.5) is 5.69 Å². The molecule has 0 aliphatic heterocycles. The molecule has 16 heavy (non-hydrogen) atoms. The molecule has 0 spiro atoms. The van der Waals surface area contributed by atoms with Crippen LogP contribution in [0.2, 0.25) is 0 Å². The molecule has 1 aromatic carbocycles. The van der Waals surface area contributed by atoms with Crippen molar-refractivity contribution in [3.05, 3.63) is 40.4 Å². The molecule has 0 aromatic heterocycles. The Morgan fingerprint density at radius 2 is 1.44 bits per heavy atom.